The molecule has 16 heavy (non-hydrogen) atoms. The molecule has 0 spiro atoms. The fourth-order valence-electron chi connectivity index (χ4n) is 2.36. The topological polar surface area (TPSA) is 33.1 Å². The molecule has 0 aromatic carbocycles. The molecule has 0 amide bonds. The molecule has 0 aliphatic heterocycles. The van der Waals surface area contributed by atoms with Crippen molar-refractivity contribution < 1.29 is 9.50 Å². The normalized spacial score (nSPS) is 23.0. The van der Waals surface area contributed by atoms with Crippen LogP contribution in [0, 0.1) is 11.2 Å². The molecule has 1 fully saturated rings. The van der Waals surface area contributed by atoms with E-state index in [4.69, 9.17) is 0 Å². The Bertz CT molecular complexity index is 379. The zero-order valence-corrected chi connectivity index (χ0v) is 9.83. The Hall–Kier alpha value is -0.960. The third kappa shape index (κ3) is 2.09. The maximum absolute atomic E-state index is 13.6. The molecular formula is C13H18FNO. The van der Waals surface area contributed by atoms with Crippen molar-refractivity contribution in [2.24, 2.45) is 5.41 Å². The molecule has 0 radical (unpaired) electrons. The number of nitrogens with zero attached hydrogens (tertiary/aromatic N) is 1. The van der Waals surface area contributed by atoms with Gasteiger partial charge in [0.1, 0.15) is 5.82 Å². The fraction of sp³-hybridized carbons (Fsp3) is 0.615. The van der Waals surface area contributed by atoms with E-state index < -0.39 is 11.4 Å². The van der Waals surface area contributed by atoms with Gasteiger partial charge in [-0.25, -0.2) is 4.39 Å². The van der Waals surface area contributed by atoms with Gasteiger partial charge in [-0.05, 0) is 37.2 Å². The van der Waals surface area contributed by atoms with E-state index in [0.29, 0.717) is 18.4 Å². The Balaban J connectivity index is 2.25. The van der Waals surface area contributed by atoms with Crippen molar-refractivity contribution >= 4 is 0 Å². The summed E-state index contributed by atoms with van der Waals surface area (Å²) in [6.45, 7) is 4.38. The van der Waals surface area contributed by atoms with Crippen LogP contribution in [0.2, 0.25) is 0 Å². The van der Waals surface area contributed by atoms with Gasteiger partial charge in [0.15, 0.2) is 0 Å². The molecule has 1 aromatic heterocycles. The molecule has 0 unspecified atom stereocenters. The van der Waals surface area contributed by atoms with Crippen LogP contribution in [0.3, 0.4) is 0 Å². The summed E-state index contributed by atoms with van der Waals surface area (Å²) in [5.41, 5.74) is -0.337. The van der Waals surface area contributed by atoms with Gasteiger partial charge in [0.2, 0.25) is 0 Å². The summed E-state index contributed by atoms with van der Waals surface area (Å²) in [7, 11) is 0. The highest BCUT2D eigenvalue weighted by Crippen LogP contribution is 2.45. The van der Waals surface area contributed by atoms with Gasteiger partial charge in [0, 0.05) is 11.8 Å². The van der Waals surface area contributed by atoms with Crippen LogP contribution in [0.15, 0.2) is 18.5 Å². The zero-order chi connectivity index (χ0) is 11.8. The molecule has 88 valence electrons. The predicted molar refractivity (Wildman–Crippen MR) is 60.3 cm³/mol. The number of pyridine rings is 1. The van der Waals surface area contributed by atoms with Crippen LogP contribution < -0.4 is 0 Å². The zero-order valence-electron chi connectivity index (χ0n) is 9.83. The fourth-order valence-corrected chi connectivity index (χ4v) is 2.36. The van der Waals surface area contributed by atoms with Gasteiger partial charge in [-0.15, -0.1) is 0 Å². The van der Waals surface area contributed by atoms with E-state index in [2.05, 4.69) is 18.8 Å². The molecule has 0 saturated heterocycles. The standard InChI is InChI=1S/C13H18FNO/c1-12(2)4-6-13(16,7-5-12)10-3-8-15-9-11(10)14/h3,8-9,16H,4-7H2,1-2H3. The van der Waals surface area contributed by atoms with E-state index in [1.807, 2.05) is 0 Å². The summed E-state index contributed by atoms with van der Waals surface area (Å²) < 4.78 is 13.6. The van der Waals surface area contributed by atoms with Crippen molar-refractivity contribution in [3.63, 3.8) is 0 Å². The van der Waals surface area contributed by atoms with Gasteiger partial charge in [-0.2, -0.15) is 0 Å². The van der Waals surface area contributed by atoms with E-state index >= 15 is 0 Å². The van der Waals surface area contributed by atoms with Gasteiger partial charge >= 0.3 is 0 Å². The van der Waals surface area contributed by atoms with Crippen molar-refractivity contribution in [2.75, 3.05) is 0 Å². The SMILES string of the molecule is CC1(C)CCC(O)(c2ccncc2F)CC1. The van der Waals surface area contributed by atoms with E-state index in [9.17, 15) is 9.50 Å². The number of hydrogen-bond donors (Lipinski definition) is 1. The lowest BCUT2D eigenvalue weighted by Gasteiger charge is -2.40. The number of rotatable bonds is 1. The van der Waals surface area contributed by atoms with Gasteiger partial charge in [-0.1, -0.05) is 13.8 Å². The quantitative estimate of drug-likeness (QED) is 0.794. The molecule has 1 aliphatic carbocycles. The van der Waals surface area contributed by atoms with Crippen LogP contribution in [0.1, 0.15) is 45.1 Å². The molecular weight excluding hydrogens is 205 g/mol. The monoisotopic (exact) mass is 223 g/mol. The van der Waals surface area contributed by atoms with Crippen LogP contribution >= 0.6 is 0 Å². The first kappa shape index (κ1) is 11.5. The van der Waals surface area contributed by atoms with Crippen LogP contribution in [0.5, 0.6) is 0 Å². The lowest BCUT2D eigenvalue weighted by Crippen LogP contribution is -2.35. The summed E-state index contributed by atoms with van der Waals surface area (Å²) in [5, 5.41) is 10.5. The number of halogens is 1. The van der Waals surface area contributed by atoms with E-state index in [1.54, 1.807) is 6.07 Å². The van der Waals surface area contributed by atoms with Crippen LogP contribution in [0.4, 0.5) is 4.39 Å². The minimum Gasteiger partial charge on any atom is -0.385 e. The molecule has 3 heteroatoms. The molecule has 1 heterocycles. The van der Waals surface area contributed by atoms with Gasteiger partial charge in [0.25, 0.3) is 0 Å². The predicted octanol–water partition coefficient (Wildman–Crippen LogP) is 3.01. The van der Waals surface area contributed by atoms with Crippen LogP contribution in [-0.2, 0) is 5.60 Å². The van der Waals surface area contributed by atoms with Crippen LogP contribution in [-0.4, -0.2) is 10.1 Å². The minimum atomic E-state index is -0.997. The maximum atomic E-state index is 13.6. The molecule has 0 bridgehead atoms. The lowest BCUT2D eigenvalue weighted by atomic mass is 9.69. The summed E-state index contributed by atoms with van der Waals surface area (Å²) in [6.07, 6.45) is 5.81. The largest absolute Gasteiger partial charge is 0.385 e. The first-order chi connectivity index (χ1) is 7.43. The number of aliphatic hydroxyl groups is 1. The Morgan fingerprint density at radius 2 is 1.88 bits per heavy atom. The average molecular weight is 223 g/mol. The average Bonchev–Trinajstić information content (AvgIpc) is 2.24. The molecule has 0 atom stereocenters. The smallest absolute Gasteiger partial charge is 0.147 e. The van der Waals surface area contributed by atoms with Crippen LogP contribution in [0.25, 0.3) is 0 Å². The molecule has 1 aliphatic rings. The highest BCUT2D eigenvalue weighted by molar-refractivity contribution is 5.22. The van der Waals surface area contributed by atoms with Crippen molar-refractivity contribution in [3.05, 3.63) is 29.8 Å². The minimum absolute atomic E-state index is 0.260. The number of hydrogen-bond acceptors (Lipinski definition) is 2. The molecule has 2 rings (SSSR count). The first-order valence-corrected chi connectivity index (χ1v) is 5.75. The van der Waals surface area contributed by atoms with Crippen molar-refractivity contribution in [1.29, 1.82) is 0 Å². The second-order valence-corrected chi connectivity index (χ2v) is 5.55. The van der Waals surface area contributed by atoms with Gasteiger partial charge in [0.05, 0.1) is 11.8 Å². The maximum Gasteiger partial charge on any atom is 0.147 e. The highest BCUT2D eigenvalue weighted by atomic mass is 19.1. The van der Waals surface area contributed by atoms with E-state index in [0.717, 1.165) is 12.8 Å². The number of aromatic nitrogens is 1. The summed E-state index contributed by atoms with van der Waals surface area (Å²) in [4.78, 5) is 3.71. The summed E-state index contributed by atoms with van der Waals surface area (Å²) >= 11 is 0. The lowest BCUT2D eigenvalue weighted by molar-refractivity contribution is -0.0332. The van der Waals surface area contributed by atoms with Crippen molar-refractivity contribution in [3.8, 4) is 0 Å². The molecule has 1 saturated carbocycles. The highest BCUT2D eigenvalue weighted by Gasteiger charge is 2.39. The van der Waals surface area contributed by atoms with Crippen molar-refractivity contribution in [1.82, 2.24) is 4.98 Å². The Morgan fingerprint density at radius 1 is 1.25 bits per heavy atom. The summed E-state index contributed by atoms with van der Waals surface area (Å²) in [5.74, 6) is -0.398. The Kier molecular flexibility index (Phi) is 2.74. The van der Waals surface area contributed by atoms with E-state index in [1.165, 1.54) is 12.4 Å². The Morgan fingerprint density at radius 3 is 2.44 bits per heavy atom. The summed E-state index contributed by atoms with van der Waals surface area (Å²) in [6, 6.07) is 1.59. The Labute approximate surface area is 95.5 Å². The molecule has 1 aromatic rings. The van der Waals surface area contributed by atoms with E-state index in [-0.39, 0.29) is 5.41 Å². The second kappa shape index (κ2) is 3.81. The molecule has 1 N–H and O–H groups in total. The van der Waals surface area contributed by atoms with Gasteiger partial charge < -0.3 is 5.11 Å². The van der Waals surface area contributed by atoms with Gasteiger partial charge in [-0.3, -0.25) is 4.98 Å². The molecule has 2 nitrogen and oxygen atoms in total. The second-order valence-electron chi connectivity index (χ2n) is 5.55. The third-order valence-corrected chi connectivity index (χ3v) is 3.70. The third-order valence-electron chi connectivity index (χ3n) is 3.70. The first-order valence-electron chi connectivity index (χ1n) is 5.75. The van der Waals surface area contributed by atoms with Crippen molar-refractivity contribution in [2.45, 2.75) is 45.1 Å².